The van der Waals surface area contributed by atoms with Crippen LogP contribution in [-0.4, -0.2) is 22.6 Å². The van der Waals surface area contributed by atoms with Gasteiger partial charge in [-0.25, -0.2) is 4.79 Å². The second-order valence-electron chi connectivity index (χ2n) is 7.79. The number of nitro groups is 1. The van der Waals surface area contributed by atoms with Gasteiger partial charge in [-0.3, -0.25) is 10.1 Å². The summed E-state index contributed by atoms with van der Waals surface area (Å²) >= 11 is 0. The maximum absolute atomic E-state index is 11.7. The Hall–Kier alpha value is -2.89. The Morgan fingerprint density at radius 2 is 1.52 bits per heavy atom. The van der Waals surface area contributed by atoms with Crippen molar-refractivity contribution < 1.29 is 19.6 Å². The lowest BCUT2D eigenvalue weighted by molar-refractivity contribution is -0.384. The van der Waals surface area contributed by atoms with Crippen molar-refractivity contribution in [3.05, 3.63) is 58.1 Å². The third-order valence-corrected chi connectivity index (χ3v) is 5.38. The molecule has 0 spiro atoms. The van der Waals surface area contributed by atoms with Gasteiger partial charge in [-0.05, 0) is 18.6 Å². The number of hydrogen-bond acceptors (Lipinski definition) is 4. The van der Waals surface area contributed by atoms with Crippen LogP contribution in [0.25, 0.3) is 11.1 Å². The SMILES string of the molecule is CCCCCCCCCCCCOc1ccccc1-c1c(C(=O)O)cccc1[N+](=O)[O-]. The average molecular weight is 428 g/mol. The predicted molar refractivity (Wildman–Crippen MR) is 123 cm³/mol. The molecule has 0 bridgehead atoms. The van der Waals surface area contributed by atoms with E-state index in [-0.39, 0.29) is 16.8 Å². The summed E-state index contributed by atoms with van der Waals surface area (Å²) in [6.45, 7) is 2.73. The summed E-state index contributed by atoms with van der Waals surface area (Å²) in [4.78, 5) is 22.6. The molecule has 2 aromatic carbocycles. The predicted octanol–water partition coefficient (Wildman–Crippen LogP) is 7.26. The van der Waals surface area contributed by atoms with Gasteiger partial charge in [0.1, 0.15) is 5.75 Å². The van der Waals surface area contributed by atoms with Gasteiger partial charge in [0.2, 0.25) is 0 Å². The molecule has 0 heterocycles. The highest BCUT2D eigenvalue weighted by atomic mass is 16.6. The van der Waals surface area contributed by atoms with Crippen LogP contribution in [0.15, 0.2) is 42.5 Å². The molecule has 0 aromatic heterocycles. The van der Waals surface area contributed by atoms with Crippen LogP contribution in [0.5, 0.6) is 5.75 Å². The Morgan fingerprint density at radius 1 is 0.903 bits per heavy atom. The quantitative estimate of drug-likeness (QED) is 0.183. The minimum atomic E-state index is -1.21. The largest absolute Gasteiger partial charge is 0.493 e. The van der Waals surface area contributed by atoms with Gasteiger partial charge in [0.15, 0.2) is 0 Å². The second-order valence-corrected chi connectivity index (χ2v) is 7.79. The first-order chi connectivity index (χ1) is 15.1. The smallest absolute Gasteiger partial charge is 0.336 e. The summed E-state index contributed by atoms with van der Waals surface area (Å²) in [5, 5.41) is 21.0. The van der Waals surface area contributed by atoms with Crippen molar-refractivity contribution in [2.45, 2.75) is 71.1 Å². The molecule has 0 atom stereocenters. The van der Waals surface area contributed by atoms with Gasteiger partial charge >= 0.3 is 5.97 Å². The van der Waals surface area contributed by atoms with Gasteiger partial charge in [-0.1, -0.05) is 89.0 Å². The number of carbonyl (C=O) groups is 1. The number of nitro benzene ring substituents is 1. The summed E-state index contributed by atoms with van der Waals surface area (Å²) in [5.74, 6) is -0.738. The average Bonchev–Trinajstić information content (AvgIpc) is 2.77. The molecule has 6 nitrogen and oxygen atoms in total. The van der Waals surface area contributed by atoms with Gasteiger partial charge in [0.25, 0.3) is 5.69 Å². The van der Waals surface area contributed by atoms with Crippen molar-refractivity contribution in [3.63, 3.8) is 0 Å². The maximum atomic E-state index is 11.7. The minimum absolute atomic E-state index is 0.0821. The van der Waals surface area contributed by atoms with E-state index in [0.29, 0.717) is 17.9 Å². The summed E-state index contributed by atoms with van der Waals surface area (Å²) in [5.41, 5.74) is 0.164. The first-order valence-corrected chi connectivity index (χ1v) is 11.3. The van der Waals surface area contributed by atoms with E-state index >= 15 is 0 Å². The van der Waals surface area contributed by atoms with Crippen molar-refractivity contribution in [1.29, 1.82) is 0 Å². The van der Waals surface area contributed by atoms with Crippen LogP contribution in [-0.2, 0) is 0 Å². The van der Waals surface area contributed by atoms with Crippen LogP contribution in [0, 0.1) is 10.1 Å². The van der Waals surface area contributed by atoms with Gasteiger partial charge < -0.3 is 9.84 Å². The summed E-state index contributed by atoms with van der Waals surface area (Å²) in [6, 6.07) is 11.0. The Balaban J connectivity index is 1.93. The molecule has 1 N–H and O–H groups in total. The normalized spacial score (nSPS) is 10.7. The molecule has 31 heavy (non-hydrogen) atoms. The van der Waals surface area contributed by atoms with Gasteiger partial charge in [0, 0.05) is 11.6 Å². The van der Waals surface area contributed by atoms with Crippen molar-refractivity contribution in [2.75, 3.05) is 6.61 Å². The highest BCUT2D eigenvalue weighted by Gasteiger charge is 2.25. The highest BCUT2D eigenvalue weighted by molar-refractivity contribution is 6.00. The molecule has 2 aromatic rings. The van der Waals surface area contributed by atoms with E-state index in [1.165, 1.54) is 69.6 Å². The van der Waals surface area contributed by atoms with E-state index in [1.54, 1.807) is 24.3 Å². The monoisotopic (exact) mass is 427 g/mol. The maximum Gasteiger partial charge on any atom is 0.336 e. The van der Waals surface area contributed by atoms with Gasteiger partial charge in [-0.15, -0.1) is 0 Å². The molecule has 168 valence electrons. The molecule has 0 aliphatic carbocycles. The molecular formula is C25H33NO5. The standard InChI is InChI=1S/C25H33NO5/c1-2-3-4-5-6-7-8-9-10-13-19-31-23-18-12-11-15-20(23)24-21(25(27)28)16-14-17-22(24)26(29)30/h11-12,14-18H,2-10,13,19H2,1H3,(H,27,28). The molecule has 0 aliphatic rings. The van der Waals surface area contributed by atoms with Crippen molar-refractivity contribution >= 4 is 11.7 Å². The molecule has 0 amide bonds. The number of benzene rings is 2. The first-order valence-electron chi connectivity index (χ1n) is 11.3. The third-order valence-electron chi connectivity index (χ3n) is 5.38. The van der Waals surface area contributed by atoms with E-state index in [0.717, 1.165) is 12.8 Å². The van der Waals surface area contributed by atoms with Gasteiger partial charge in [0.05, 0.1) is 22.7 Å². The minimum Gasteiger partial charge on any atom is -0.493 e. The Bertz CT molecular complexity index is 817. The van der Waals surface area contributed by atoms with Gasteiger partial charge in [-0.2, -0.15) is 0 Å². The number of rotatable bonds is 15. The molecule has 2 rings (SSSR count). The number of unbranched alkanes of at least 4 members (excludes halogenated alkanes) is 9. The number of carboxylic acid groups (broad SMARTS) is 1. The number of ether oxygens (including phenoxy) is 1. The zero-order valence-corrected chi connectivity index (χ0v) is 18.3. The van der Waals surface area contributed by atoms with Crippen molar-refractivity contribution in [3.8, 4) is 16.9 Å². The lowest BCUT2D eigenvalue weighted by Crippen LogP contribution is -2.05. The molecule has 0 unspecified atom stereocenters. The molecule has 0 fully saturated rings. The topological polar surface area (TPSA) is 89.7 Å². The Morgan fingerprint density at radius 3 is 2.13 bits per heavy atom. The van der Waals surface area contributed by atoms with Crippen LogP contribution in [0.4, 0.5) is 5.69 Å². The van der Waals surface area contributed by atoms with Crippen LogP contribution >= 0.6 is 0 Å². The third kappa shape index (κ3) is 7.70. The van der Waals surface area contributed by atoms with E-state index in [9.17, 15) is 20.0 Å². The lowest BCUT2D eigenvalue weighted by atomic mass is 9.97. The zero-order chi connectivity index (χ0) is 22.5. The number of nitrogens with zero attached hydrogens (tertiary/aromatic N) is 1. The van der Waals surface area contributed by atoms with Crippen LogP contribution in [0.1, 0.15) is 81.5 Å². The van der Waals surface area contributed by atoms with E-state index < -0.39 is 10.9 Å². The van der Waals surface area contributed by atoms with Crippen molar-refractivity contribution in [1.82, 2.24) is 0 Å². The molecule has 0 saturated carbocycles. The summed E-state index contributed by atoms with van der Waals surface area (Å²) in [7, 11) is 0. The number of aromatic carboxylic acids is 1. The van der Waals surface area contributed by atoms with Crippen LogP contribution < -0.4 is 4.74 Å². The molecule has 6 heteroatoms. The molecular weight excluding hydrogens is 394 g/mol. The summed E-state index contributed by atoms with van der Waals surface area (Å²) in [6.07, 6.45) is 12.2. The fourth-order valence-corrected chi connectivity index (χ4v) is 3.72. The fraction of sp³-hybridized carbons (Fsp3) is 0.480. The molecule has 0 radical (unpaired) electrons. The number of para-hydroxylation sites is 1. The second kappa shape index (κ2) is 13.4. The van der Waals surface area contributed by atoms with E-state index in [1.807, 2.05) is 0 Å². The Labute approximate surface area is 184 Å². The van der Waals surface area contributed by atoms with Crippen LogP contribution in [0.2, 0.25) is 0 Å². The Kier molecular flexibility index (Phi) is 10.6. The summed E-state index contributed by atoms with van der Waals surface area (Å²) < 4.78 is 5.92. The van der Waals surface area contributed by atoms with E-state index in [2.05, 4.69) is 6.92 Å². The number of hydrogen-bond donors (Lipinski definition) is 1. The highest BCUT2D eigenvalue weighted by Crippen LogP contribution is 2.38. The molecule has 0 saturated heterocycles. The number of carboxylic acids is 1. The van der Waals surface area contributed by atoms with Crippen LogP contribution in [0.3, 0.4) is 0 Å². The molecule has 0 aliphatic heterocycles. The first kappa shape index (κ1) is 24.4. The van der Waals surface area contributed by atoms with Crippen molar-refractivity contribution in [2.24, 2.45) is 0 Å². The van der Waals surface area contributed by atoms with E-state index in [4.69, 9.17) is 4.74 Å². The zero-order valence-electron chi connectivity index (χ0n) is 18.3. The fourth-order valence-electron chi connectivity index (χ4n) is 3.72. The lowest BCUT2D eigenvalue weighted by Gasteiger charge is -2.13.